The lowest BCUT2D eigenvalue weighted by Gasteiger charge is -2.12. The fourth-order valence-corrected chi connectivity index (χ4v) is 5.58. The van der Waals surface area contributed by atoms with E-state index in [1.807, 2.05) is 6.07 Å². The number of nitrogens with zero attached hydrogens (tertiary/aromatic N) is 1. The second kappa shape index (κ2) is 6.49. The van der Waals surface area contributed by atoms with Crippen molar-refractivity contribution in [3.63, 3.8) is 0 Å². The number of aromatic nitrogens is 2. The van der Waals surface area contributed by atoms with E-state index in [0.29, 0.717) is 5.65 Å². The van der Waals surface area contributed by atoms with E-state index < -0.39 is 0 Å². The van der Waals surface area contributed by atoms with Crippen molar-refractivity contribution >= 4 is 49.5 Å². The SMILES string of the molecule is CCCc1c[nH]c2nccc(P(P)PP)c2c1=O. The first-order chi connectivity index (χ1) is 8.69. The quantitative estimate of drug-likeness (QED) is 0.881. The van der Waals surface area contributed by atoms with Crippen molar-refractivity contribution in [1.29, 1.82) is 0 Å². The van der Waals surface area contributed by atoms with Gasteiger partial charge in [-0.15, -0.1) is 17.9 Å². The Labute approximate surface area is 114 Å². The third kappa shape index (κ3) is 2.81. The van der Waals surface area contributed by atoms with E-state index in [2.05, 4.69) is 34.7 Å². The molecule has 0 aliphatic heterocycles. The highest BCUT2D eigenvalue weighted by Gasteiger charge is 2.13. The Kier molecular flexibility index (Phi) is 5.23. The monoisotopic (exact) mass is 316 g/mol. The van der Waals surface area contributed by atoms with Crippen molar-refractivity contribution in [2.24, 2.45) is 0 Å². The number of fused-ring (bicyclic) bond motifs is 1. The minimum absolute atomic E-state index is 0.145. The van der Waals surface area contributed by atoms with Gasteiger partial charge in [-0.05, 0) is 19.8 Å². The van der Waals surface area contributed by atoms with Gasteiger partial charge in [-0.25, -0.2) is 4.98 Å². The number of H-pyrrole nitrogens is 1. The topological polar surface area (TPSA) is 45.8 Å². The number of hydrogen-bond donors (Lipinski definition) is 1. The third-order valence-electron chi connectivity index (χ3n) is 2.75. The minimum Gasteiger partial charge on any atom is -0.346 e. The minimum atomic E-state index is -0.364. The second-order valence-electron chi connectivity index (χ2n) is 3.95. The van der Waals surface area contributed by atoms with Gasteiger partial charge in [0.2, 0.25) is 0 Å². The van der Waals surface area contributed by atoms with Crippen molar-refractivity contribution in [2.45, 2.75) is 19.8 Å². The maximum absolute atomic E-state index is 12.5. The van der Waals surface area contributed by atoms with Crippen LogP contribution in [0.4, 0.5) is 0 Å². The van der Waals surface area contributed by atoms with Gasteiger partial charge >= 0.3 is 0 Å². The molecule has 96 valence electrons. The summed E-state index contributed by atoms with van der Waals surface area (Å²) in [6, 6.07) is 1.98. The molecule has 0 aliphatic rings. The van der Waals surface area contributed by atoms with E-state index >= 15 is 0 Å². The Bertz CT molecular complexity index is 614. The van der Waals surface area contributed by atoms with Crippen LogP contribution in [0.15, 0.2) is 23.3 Å². The highest BCUT2D eigenvalue weighted by Crippen LogP contribution is 2.65. The maximum atomic E-state index is 12.5. The van der Waals surface area contributed by atoms with Crippen LogP contribution in [0.3, 0.4) is 0 Å². The summed E-state index contributed by atoms with van der Waals surface area (Å²) in [5, 5.41) is 1.91. The van der Waals surface area contributed by atoms with Gasteiger partial charge in [-0.2, -0.15) is 0 Å². The van der Waals surface area contributed by atoms with Gasteiger partial charge in [0, 0.05) is 23.3 Å². The summed E-state index contributed by atoms with van der Waals surface area (Å²) in [6.07, 6.45) is 5.37. The van der Waals surface area contributed by atoms with Crippen LogP contribution in [-0.4, -0.2) is 9.97 Å². The lowest BCUT2D eigenvalue weighted by molar-refractivity contribution is 0.909. The molecule has 7 heteroatoms. The molecule has 0 bridgehead atoms. The van der Waals surface area contributed by atoms with Crippen molar-refractivity contribution < 1.29 is 0 Å². The molecule has 2 aromatic rings. The van der Waals surface area contributed by atoms with Gasteiger partial charge in [0.25, 0.3) is 0 Å². The van der Waals surface area contributed by atoms with Crippen molar-refractivity contribution in [1.82, 2.24) is 9.97 Å². The van der Waals surface area contributed by atoms with Gasteiger partial charge < -0.3 is 4.98 Å². The Morgan fingerprint density at radius 2 is 2.33 bits per heavy atom. The highest BCUT2D eigenvalue weighted by molar-refractivity contribution is 8.63. The normalized spacial score (nSPS) is 13.5. The van der Waals surface area contributed by atoms with Gasteiger partial charge in [-0.1, -0.05) is 21.3 Å². The molecule has 0 amide bonds. The molecule has 0 saturated heterocycles. The lowest BCUT2D eigenvalue weighted by atomic mass is 10.1. The van der Waals surface area contributed by atoms with E-state index in [1.165, 1.54) is 0 Å². The molecular weight excluding hydrogens is 300 g/mol. The largest absolute Gasteiger partial charge is 0.346 e. The average molecular weight is 316 g/mol. The Hall–Kier alpha value is 0.0800. The third-order valence-corrected chi connectivity index (χ3v) is 12.8. The molecule has 2 heterocycles. The van der Waals surface area contributed by atoms with Crippen LogP contribution in [0.5, 0.6) is 0 Å². The molecule has 4 unspecified atom stereocenters. The lowest BCUT2D eigenvalue weighted by Crippen LogP contribution is -2.17. The summed E-state index contributed by atoms with van der Waals surface area (Å²) >= 11 is 0. The maximum Gasteiger partial charge on any atom is 0.194 e. The zero-order chi connectivity index (χ0) is 13.1. The number of pyridine rings is 2. The molecule has 4 atom stereocenters. The first-order valence-electron chi connectivity index (χ1n) is 5.69. The van der Waals surface area contributed by atoms with Crippen molar-refractivity contribution in [2.75, 3.05) is 0 Å². The zero-order valence-electron chi connectivity index (χ0n) is 10.1. The number of rotatable bonds is 4. The van der Waals surface area contributed by atoms with E-state index in [0.717, 1.165) is 37.1 Å². The van der Waals surface area contributed by atoms with Crippen LogP contribution in [0.25, 0.3) is 11.0 Å². The van der Waals surface area contributed by atoms with E-state index in [9.17, 15) is 4.79 Å². The first kappa shape index (κ1) is 14.5. The zero-order valence-corrected chi connectivity index (χ0v) is 14.3. The van der Waals surface area contributed by atoms with Crippen LogP contribution < -0.4 is 10.7 Å². The van der Waals surface area contributed by atoms with E-state index in [1.54, 1.807) is 12.4 Å². The summed E-state index contributed by atoms with van der Waals surface area (Å²) in [7, 11) is 6.00. The predicted octanol–water partition coefficient (Wildman–Crippen LogP) is 3.16. The molecule has 0 fully saturated rings. The fraction of sp³-hybridized carbons (Fsp3) is 0.273. The second-order valence-corrected chi connectivity index (χ2v) is 13.1. The molecule has 18 heavy (non-hydrogen) atoms. The molecule has 0 radical (unpaired) electrons. The van der Waals surface area contributed by atoms with Crippen LogP contribution in [-0.2, 0) is 6.42 Å². The van der Waals surface area contributed by atoms with E-state index in [4.69, 9.17) is 0 Å². The summed E-state index contributed by atoms with van der Waals surface area (Å²) in [6.45, 7) is 2.08. The van der Waals surface area contributed by atoms with Gasteiger partial charge in [0.1, 0.15) is 5.65 Å². The molecule has 0 aromatic carbocycles. The van der Waals surface area contributed by atoms with Gasteiger partial charge in [-0.3, -0.25) is 4.79 Å². The summed E-state index contributed by atoms with van der Waals surface area (Å²) in [5.74, 6) is 0. The molecule has 2 rings (SSSR count). The van der Waals surface area contributed by atoms with E-state index in [-0.39, 0.29) is 12.7 Å². The smallest absolute Gasteiger partial charge is 0.194 e. The molecule has 2 aromatic heterocycles. The van der Waals surface area contributed by atoms with Gasteiger partial charge in [0.05, 0.1) is 5.39 Å². The van der Waals surface area contributed by atoms with Crippen LogP contribution in [0.2, 0.25) is 0 Å². The van der Waals surface area contributed by atoms with Crippen LogP contribution >= 0.6 is 33.1 Å². The number of nitrogens with one attached hydrogen (secondary N) is 1. The standard InChI is InChI=1S/C11H16N2OP4/c1-2-3-7-6-13-11-9(10(7)14)8(4-5-12-11)18(16)17-15/h4-6,17H,2-3,15-16H2,1H3,(H,12,13,14). The molecule has 1 N–H and O–H groups in total. The fourth-order valence-electron chi connectivity index (χ4n) is 1.89. The van der Waals surface area contributed by atoms with Crippen molar-refractivity contribution in [3.05, 3.63) is 34.2 Å². The van der Waals surface area contributed by atoms with Crippen LogP contribution in [0.1, 0.15) is 18.9 Å². The number of hydrogen-bond acceptors (Lipinski definition) is 2. The average Bonchev–Trinajstić information content (AvgIpc) is 2.40. The van der Waals surface area contributed by atoms with Crippen molar-refractivity contribution in [3.8, 4) is 0 Å². The van der Waals surface area contributed by atoms with Crippen LogP contribution in [0, 0.1) is 0 Å². The molecule has 0 spiro atoms. The summed E-state index contributed by atoms with van der Waals surface area (Å²) in [5.41, 5.74) is 1.71. The first-order valence-corrected chi connectivity index (χ1v) is 12.3. The highest BCUT2D eigenvalue weighted by atomic mass is 32.6. The predicted molar refractivity (Wildman–Crippen MR) is 90.6 cm³/mol. The van der Waals surface area contributed by atoms with Gasteiger partial charge in [0.15, 0.2) is 5.43 Å². The summed E-state index contributed by atoms with van der Waals surface area (Å²) < 4.78 is 0. The molecular formula is C11H16N2OP4. The summed E-state index contributed by atoms with van der Waals surface area (Å²) in [4.78, 5) is 19.9. The molecule has 0 aliphatic carbocycles. The Morgan fingerprint density at radius 1 is 1.56 bits per heavy atom. The molecule has 0 saturated carbocycles. The molecule has 3 nitrogen and oxygen atoms in total. The Balaban J connectivity index is 2.73. The number of aryl methyl sites for hydroxylation is 1. The Morgan fingerprint density at radius 3 is 3.00 bits per heavy atom. The number of aromatic amines is 1.